The van der Waals surface area contributed by atoms with Gasteiger partial charge in [-0.25, -0.2) is 4.98 Å². The lowest BCUT2D eigenvalue weighted by Gasteiger charge is -2.47. The summed E-state index contributed by atoms with van der Waals surface area (Å²) in [6.07, 6.45) is 5.67. The largest absolute Gasteiger partial charge is 0.372 e. The van der Waals surface area contributed by atoms with Crippen LogP contribution in [0.1, 0.15) is 31.9 Å². The topological polar surface area (TPSA) is 91.6 Å². The summed E-state index contributed by atoms with van der Waals surface area (Å²) in [5, 5.41) is 8.98. The normalized spacial score (nSPS) is 19.4. The van der Waals surface area contributed by atoms with Gasteiger partial charge in [-0.05, 0) is 19.3 Å². The van der Waals surface area contributed by atoms with Crippen LogP contribution in [0.25, 0.3) is 0 Å². The number of carbonyl (C=O) groups excluding carboxylic acids is 1. The predicted octanol–water partition coefficient (Wildman–Crippen LogP) is 0.973. The molecule has 0 saturated carbocycles. The van der Waals surface area contributed by atoms with Crippen molar-refractivity contribution in [2.75, 3.05) is 50.9 Å². The summed E-state index contributed by atoms with van der Waals surface area (Å²) in [7, 11) is 0. The molecule has 0 atom stereocenters. The van der Waals surface area contributed by atoms with Crippen LogP contribution in [-0.4, -0.2) is 72.4 Å². The van der Waals surface area contributed by atoms with Gasteiger partial charge in [-0.1, -0.05) is 6.92 Å². The quantitative estimate of drug-likeness (QED) is 0.724. The molecule has 2 fully saturated rings. The van der Waals surface area contributed by atoms with E-state index in [1.807, 2.05) is 17.9 Å². The highest BCUT2D eigenvalue weighted by Crippen LogP contribution is 2.31. The van der Waals surface area contributed by atoms with Crippen molar-refractivity contribution in [3.05, 3.63) is 18.1 Å². The van der Waals surface area contributed by atoms with Gasteiger partial charge in [-0.3, -0.25) is 9.78 Å². The van der Waals surface area contributed by atoms with E-state index in [0.717, 1.165) is 38.2 Å². The van der Waals surface area contributed by atoms with Crippen LogP contribution in [0.5, 0.6) is 0 Å². The molecule has 140 valence electrons. The molecule has 0 N–H and O–H groups in total. The van der Waals surface area contributed by atoms with Crippen molar-refractivity contribution in [2.45, 2.75) is 31.8 Å². The maximum atomic E-state index is 12.3. The van der Waals surface area contributed by atoms with Crippen LogP contribution in [0.2, 0.25) is 0 Å². The van der Waals surface area contributed by atoms with Crippen molar-refractivity contribution < 1.29 is 14.3 Å². The molecule has 1 aromatic rings. The number of anilines is 1. The maximum Gasteiger partial charge on any atom is 0.248 e. The van der Waals surface area contributed by atoms with Gasteiger partial charge in [0, 0.05) is 32.8 Å². The fourth-order valence-corrected chi connectivity index (χ4v) is 3.46. The summed E-state index contributed by atoms with van der Waals surface area (Å²) in [4.78, 5) is 24.7. The zero-order chi connectivity index (χ0) is 18.4. The summed E-state index contributed by atoms with van der Waals surface area (Å²) in [5.41, 5.74) is 0.0238. The number of nitrogens with zero attached hydrogens (tertiary/aromatic N) is 5. The smallest absolute Gasteiger partial charge is 0.248 e. The molecule has 0 aliphatic carbocycles. The van der Waals surface area contributed by atoms with Crippen LogP contribution in [0.4, 0.5) is 5.82 Å². The number of rotatable bonds is 5. The average Bonchev–Trinajstić information content (AvgIpc) is 2.69. The van der Waals surface area contributed by atoms with E-state index in [-0.39, 0.29) is 18.1 Å². The molecule has 0 bridgehead atoms. The lowest BCUT2D eigenvalue weighted by Crippen LogP contribution is -2.58. The van der Waals surface area contributed by atoms with Gasteiger partial charge in [0.05, 0.1) is 24.6 Å². The Morgan fingerprint density at radius 3 is 2.92 bits per heavy atom. The van der Waals surface area contributed by atoms with E-state index in [0.29, 0.717) is 32.0 Å². The number of amides is 1. The van der Waals surface area contributed by atoms with Crippen molar-refractivity contribution in [2.24, 2.45) is 0 Å². The van der Waals surface area contributed by atoms with E-state index in [4.69, 9.17) is 14.7 Å². The van der Waals surface area contributed by atoms with Gasteiger partial charge >= 0.3 is 0 Å². The average molecular weight is 359 g/mol. The van der Waals surface area contributed by atoms with Crippen LogP contribution < -0.4 is 4.90 Å². The van der Waals surface area contributed by atoms with Crippen LogP contribution in [0, 0.1) is 11.3 Å². The Bertz CT molecular complexity index is 667. The number of hydrogen-bond donors (Lipinski definition) is 0. The van der Waals surface area contributed by atoms with Gasteiger partial charge in [0.25, 0.3) is 0 Å². The molecular formula is C18H25N5O3. The third-order valence-electron chi connectivity index (χ3n) is 4.91. The Labute approximate surface area is 153 Å². The fraction of sp³-hybridized carbons (Fsp3) is 0.667. The lowest BCUT2D eigenvalue weighted by atomic mass is 9.89. The second-order valence-electron chi connectivity index (χ2n) is 6.76. The minimum Gasteiger partial charge on any atom is -0.372 e. The summed E-state index contributed by atoms with van der Waals surface area (Å²) >= 11 is 0. The van der Waals surface area contributed by atoms with Crippen molar-refractivity contribution >= 4 is 11.7 Å². The van der Waals surface area contributed by atoms with E-state index >= 15 is 0 Å². The Morgan fingerprint density at radius 1 is 1.38 bits per heavy atom. The Kier molecular flexibility index (Phi) is 6.01. The summed E-state index contributed by atoms with van der Waals surface area (Å²) in [6.45, 7) is 6.10. The molecule has 3 rings (SSSR count). The number of morpholine rings is 1. The first-order valence-corrected chi connectivity index (χ1v) is 9.12. The summed E-state index contributed by atoms with van der Waals surface area (Å²) < 4.78 is 11.5. The molecule has 2 saturated heterocycles. The van der Waals surface area contributed by atoms with Gasteiger partial charge in [0.15, 0.2) is 5.69 Å². The van der Waals surface area contributed by atoms with Gasteiger partial charge in [0.2, 0.25) is 5.91 Å². The Hall–Kier alpha value is -2.24. The third-order valence-corrected chi connectivity index (χ3v) is 4.91. The number of piperidine rings is 1. The maximum absolute atomic E-state index is 12.3. The molecule has 8 heteroatoms. The molecule has 2 aliphatic heterocycles. The van der Waals surface area contributed by atoms with Crippen LogP contribution in [-0.2, 0) is 14.3 Å². The highest BCUT2D eigenvalue weighted by Gasteiger charge is 2.41. The molecule has 1 amide bonds. The first-order valence-electron chi connectivity index (χ1n) is 9.12. The first-order chi connectivity index (χ1) is 12.7. The molecule has 1 aromatic heterocycles. The van der Waals surface area contributed by atoms with Gasteiger partial charge in [-0.15, -0.1) is 0 Å². The molecule has 26 heavy (non-hydrogen) atoms. The summed E-state index contributed by atoms with van der Waals surface area (Å²) in [6, 6.07) is 2.02. The monoisotopic (exact) mass is 359 g/mol. The highest BCUT2D eigenvalue weighted by molar-refractivity contribution is 5.77. The van der Waals surface area contributed by atoms with E-state index < -0.39 is 0 Å². The predicted molar refractivity (Wildman–Crippen MR) is 94.6 cm³/mol. The minimum atomic E-state index is -0.296. The molecule has 2 aliphatic rings. The standard InChI is InChI=1S/C18H25N5O3/c1-2-8-25-13-17(24)23-7-9-26-18(14-23)3-5-22(6-4-18)16-12-20-11-15(10-19)21-16/h11-12H,2-9,13-14H2,1H3. The van der Waals surface area contributed by atoms with Gasteiger partial charge in [0.1, 0.15) is 18.5 Å². The number of ether oxygens (including phenoxy) is 2. The Morgan fingerprint density at radius 2 is 2.19 bits per heavy atom. The second-order valence-corrected chi connectivity index (χ2v) is 6.76. The molecular weight excluding hydrogens is 334 g/mol. The fourth-order valence-electron chi connectivity index (χ4n) is 3.46. The first kappa shape index (κ1) is 18.5. The number of carbonyl (C=O) groups is 1. The zero-order valence-electron chi connectivity index (χ0n) is 15.2. The van der Waals surface area contributed by atoms with Crippen molar-refractivity contribution in [3.8, 4) is 6.07 Å². The van der Waals surface area contributed by atoms with Crippen LogP contribution in [0.3, 0.4) is 0 Å². The number of nitriles is 1. The van der Waals surface area contributed by atoms with Crippen LogP contribution >= 0.6 is 0 Å². The van der Waals surface area contributed by atoms with Gasteiger partial charge < -0.3 is 19.3 Å². The molecule has 0 aromatic carbocycles. The number of hydrogen-bond acceptors (Lipinski definition) is 7. The van der Waals surface area contributed by atoms with Crippen molar-refractivity contribution in [3.63, 3.8) is 0 Å². The molecule has 0 radical (unpaired) electrons. The Balaban J connectivity index is 1.57. The molecule has 0 unspecified atom stereocenters. The summed E-state index contributed by atoms with van der Waals surface area (Å²) in [5.74, 6) is 0.756. The van der Waals surface area contributed by atoms with Crippen molar-refractivity contribution in [1.82, 2.24) is 14.9 Å². The lowest BCUT2D eigenvalue weighted by molar-refractivity contribution is -0.158. The van der Waals surface area contributed by atoms with Crippen molar-refractivity contribution in [1.29, 1.82) is 5.26 Å². The minimum absolute atomic E-state index is 0.0381. The number of aromatic nitrogens is 2. The van der Waals surface area contributed by atoms with E-state index in [1.165, 1.54) is 6.20 Å². The molecule has 1 spiro atoms. The van der Waals surface area contributed by atoms with Crippen LogP contribution in [0.15, 0.2) is 12.4 Å². The van der Waals surface area contributed by atoms with Gasteiger partial charge in [-0.2, -0.15) is 5.26 Å². The molecule has 3 heterocycles. The third kappa shape index (κ3) is 4.29. The SMILES string of the molecule is CCCOCC(=O)N1CCOC2(CCN(c3cncc(C#N)n3)CC2)C1. The van der Waals surface area contributed by atoms with E-state index in [9.17, 15) is 4.79 Å². The van der Waals surface area contributed by atoms with E-state index in [1.54, 1.807) is 6.20 Å². The molecule has 8 nitrogen and oxygen atoms in total. The van der Waals surface area contributed by atoms with E-state index in [2.05, 4.69) is 14.9 Å². The second kappa shape index (κ2) is 8.43. The highest BCUT2D eigenvalue weighted by atomic mass is 16.5. The zero-order valence-corrected chi connectivity index (χ0v) is 15.2.